The predicted octanol–water partition coefficient (Wildman–Crippen LogP) is 2.02. The Balaban J connectivity index is 2.40. The molecule has 5 nitrogen and oxygen atoms in total. The van der Waals surface area contributed by atoms with Crippen molar-refractivity contribution in [1.29, 1.82) is 0 Å². The minimum atomic E-state index is -4.84. The lowest BCUT2D eigenvalue weighted by Gasteiger charge is -2.18. The van der Waals surface area contributed by atoms with Crippen molar-refractivity contribution in [3.05, 3.63) is 29.6 Å². The van der Waals surface area contributed by atoms with Gasteiger partial charge in [0.1, 0.15) is 5.82 Å². The molecule has 0 saturated carbocycles. The Morgan fingerprint density at radius 3 is 2.30 bits per heavy atom. The quantitative estimate of drug-likeness (QED) is 0.842. The van der Waals surface area contributed by atoms with E-state index in [9.17, 15) is 30.8 Å². The third kappa shape index (κ3) is 3.47. The molecule has 1 fully saturated rings. The van der Waals surface area contributed by atoms with E-state index in [0.717, 1.165) is 12.1 Å². The summed E-state index contributed by atoms with van der Waals surface area (Å²) in [4.78, 5) is 10.5. The number of nitrogens with zero attached hydrogens (tertiary/aromatic N) is 1. The molecule has 1 heterocycles. The number of hydrogen-bond donors (Lipinski definition) is 1. The number of alkyl halides is 3. The molecular formula is C13H13F4NO4S. The Morgan fingerprint density at radius 2 is 1.87 bits per heavy atom. The van der Waals surface area contributed by atoms with Gasteiger partial charge in [-0.05, 0) is 30.7 Å². The molecule has 1 N–H and O–H groups in total. The van der Waals surface area contributed by atoms with Crippen LogP contribution in [0, 0.1) is 24.6 Å². The van der Waals surface area contributed by atoms with E-state index in [1.807, 2.05) is 0 Å². The summed E-state index contributed by atoms with van der Waals surface area (Å²) in [5, 5.41) is 8.91. The summed E-state index contributed by atoms with van der Waals surface area (Å²) in [6, 6.07) is 2.88. The second-order valence-electron chi connectivity index (χ2n) is 5.38. The topological polar surface area (TPSA) is 74.7 Å². The van der Waals surface area contributed by atoms with Crippen molar-refractivity contribution in [2.24, 2.45) is 11.8 Å². The summed E-state index contributed by atoms with van der Waals surface area (Å²) >= 11 is 0. The zero-order valence-corrected chi connectivity index (χ0v) is 12.7. The smallest absolute Gasteiger partial charge is 0.393 e. The van der Waals surface area contributed by atoms with Crippen molar-refractivity contribution in [2.45, 2.75) is 18.0 Å². The standard InChI is InChI=1S/C13H13F4NO4S/c1-7-2-8(14)4-9(3-7)23(21,22)18-5-10(12(19)20)11(6-18)13(15,16)17/h2-4,10-11H,5-6H2,1H3,(H,19,20)/t10-,11-/m1/s1. The van der Waals surface area contributed by atoms with Crippen LogP contribution in [0.4, 0.5) is 17.6 Å². The van der Waals surface area contributed by atoms with Crippen molar-refractivity contribution in [1.82, 2.24) is 4.31 Å². The van der Waals surface area contributed by atoms with Crippen LogP contribution in [0.3, 0.4) is 0 Å². The highest BCUT2D eigenvalue weighted by atomic mass is 32.2. The normalized spacial score (nSPS) is 23.2. The molecule has 1 aromatic rings. The van der Waals surface area contributed by atoms with Gasteiger partial charge in [0, 0.05) is 13.1 Å². The number of hydrogen-bond acceptors (Lipinski definition) is 3. The van der Waals surface area contributed by atoms with Crippen LogP contribution in [0.1, 0.15) is 5.56 Å². The molecule has 0 aromatic heterocycles. The Labute approximate surface area is 129 Å². The molecule has 2 atom stereocenters. The molecule has 1 aromatic carbocycles. The number of carboxylic acids is 1. The van der Waals surface area contributed by atoms with Crippen LogP contribution in [0.5, 0.6) is 0 Å². The molecule has 1 aliphatic heterocycles. The SMILES string of the molecule is Cc1cc(F)cc(S(=O)(=O)N2C[C@@H](C(F)(F)F)[C@H](C(=O)O)C2)c1. The number of rotatable bonds is 3. The van der Waals surface area contributed by atoms with Gasteiger partial charge in [0.05, 0.1) is 16.7 Å². The molecule has 2 rings (SSSR count). The van der Waals surface area contributed by atoms with E-state index < -0.39 is 57.8 Å². The van der Waals surface area contributed by atoms with E-state index in [-0.39, 0.29) is 5.56 Å². The lowest BCUT2D eigenvalue weighted by Crippen LogP contribution is -2.34. The molecule has 0 spiro atoms. The average Bonchev–Trinajstić information content (AvgIpc) is 2.83. The third-order valence-electron chi connectivity index (χ3n) is 3.68. The number of sulfonamides is 1. The molecule has 0 radical (unpaired) electrons. The second-order valence-corrected chi connectivity index (χ2v) is 7.32. The Morgan fingerprint density at radius 1 is 1.26 bits per heavy atom. The van der Waals surface area contributed by atoms with Crippen molar-refractivity contribution in [3.8, 4) is 0 Å². The maximum absolute atomic E-state index is 13.4. The van der Waals surface area contributed by atoms with Gasteiger partial charge in [-0.25, -0.2) is 12.8 Å². The van der Waals surface area contributed by atoms with E-state index in [4.69, 9.17) is 5.11 Å². The first-order valence-corrected chi connectivity index (χ1v) is 7.94. The Hall–Kier alpha value is -1.68. The molecule has 0 unspecified atom stereocenters. The van der Waals surface area contributed by atoms with Gasteiger partial charge < -0.3 is 5.11 Å². The van der Waals surface area contributed by atoms with E-state index in [1.54, 1.807) is 0 Å². The van der Waals surface area contributed by atoms with E-state index in [0.29, 0.717) is 10.4 Å². The molecule has 10 heteroatoms. The third-order valence-corrected chi connectivity index (χ3v) is 5.49. The number of halogens is 4. The van der Waals surface area contributed by atoms with Gasteiger partial charge >= 0.3 is 12.1 Å². The first-order valence-electron chi connectivity index (χ1n) is 6.50. The molecular weight excluding hydrogens is 342 g/mol. The van der Waals surface area contributed by atoms with E-state index >= 15 is 0 Å². The fourth-order valence-electron chi connectivity index (χ4n) is 2.55. The summed E-state index contributed by atoms with van der Waals surface area (Å²) in [5.74, 6) is -6.76. The Bertz CT molecular complexity index is 712. The zero-order chi connectivity index (χ0) is 17.6. The van der Waals surface area contributed by atoms with Crippen LogP contribution < -0.4 is 0 Å². The fourth-order valence-corrected chi connectivity index (χ4v) is 4.15. The zero-order valence-electron chi connectivity index (χ0n) is 11.8. The number of benzene rings is 1. The van der Waals surface area contributed by atoms with Crippen molar-refractivity contribution >= 4 is 16.0 Å². The van der Waals surface area contributed by atoms with Gasteiger partial charge in [0.2, 0.25) is 10.0 Å². The number of carbonyl (C=O) groups is 1. The maximum atomic E-state index is 13.4. The fraction of sp³-hybridized carbons (Fsp3) is 0.462. The molecule has 0 amide bonds. The lowest BCUT2D eigenvalue weighted by molar-refractivity contribution is -0.187. The van der Waals surface area contributed by atoms with Crippen LogP contribution in [0.15, 0.2) is 23.1 Å². The maximum Gasteiger partial charge on any atom is 0.393 e. The summed E-state index contributed by atoms with van der Waals surface area (Å²) in [6.45, 7) is -0.375. The minimum Gasteiger partial charge on any atom is -0.481 e. The first-order chi connectivity index (χ1) is 10.4. The number of carboxylic acid groups (broad SMARTS) is 1. The van der Waals surface area contributed by atoms with Gasteiger partial charge in [0.15, 0.2) is 0 Å². The molecule has 128 valence electrons. The summed E-state index contributed by atoms with van der Waals surface area (Å²) in [6.07, 6.45) is -4.84. The van der Waals surface area contributed by atoms with Crippen LogP contribution in [0.25, 0.3) is 0 Å². The first kappa shape index (κ1) is 17.7. The monoisotopic (exact) mass is 355 g/mol. The summed E-state index contributed by atoms with van der Waals surface area (Å²) in [5.41, 5.74) is 0.282. The van der Waals surface area contributed by atoms with E-state index in [1.165, 1.54) is 6.92 Å². The van der Waals surface area contributed by atoms with Gasteiger partial charge in [-0.15, -0.1) is 0 Å². The van der Waals surface area contributed by atoms with Crippen LogP contribution >= 0.6 is 0 Å². The molecule has 0 bridgehead atoms. The van der Waals surface area contributed by atoms with Crippen molar-refractivity contribution in [3.63, 3.8) is 0 Å². The number of aliphatic carboxylic acids is 1. The summed E-state index contributed by atoms with van der Waals surface area (Å²) < 4.78 is 77.3. The number of aryl methyl sites for hydroxylation is 1. The molecule has 23 heavy (non-hydrogen) atoms. The van der Waals surface area contributed by atoms with Gasteiger partial charge in [-0.2, -0.15) is 17.5 Å². The lowest BCUT2D eigenvalue weighted by atomic mass is 9.96. The van der Waals surface area contributed by atoms with E-state index in [2.05, 4.69) is 0 Å². The highest BCUT2D eigenvalue weighted by Gasteiger charge is 2.54. The molecule has 1 saturated heterocycles. The van der Waals surface area contributed by atoms with Gasteiger partial charge in [-0.3, -0.25) is 4.79 Å². The largest absolute Gasteiger partial charge is 0.481 e. The van der Waals surface area contributed by atoms with Crippen LogP contribution in [0.2, 0.25) is 0 Å². The highest BCUT2D eigenvalue weighted by molar-refractivity contribution is 7.89. The average molecular weight is 355 g/mol. The predicted molar refractivity (Wildman–Crippen MR) is 70.6 cm³/mol. The van der Waals surface area contributed by atoms with Crippen molar-refractivity contribution in [2.75, 3.05) is 13.1 Å². The van der Waals surface area contributed by atoms with Crippen LogP contribution in [-0.2, 0) is 14.8 Å². The van der Waals surface area contributed by atoms with Gasteiger partial charge in [-0.1, -0.05) is 0 Å². The molecule has 0 aliphatic carbocycles. The van der Waals surface area contributed by atoms with Gasteiger partial charge in [0.25, 0.3) is 0 Å². The second kappa shape index (κ2) is 5.75. The minimum absolute atomic E-state index is 0.282. The van der Waals surface area contributed by atoms with Crippen LogP contribution in [-0.4, -0.2) is 43.1 Å². The Kier molecular flexibility index (Phi) is 4.42. The summed E-state index contributed by atoms with van der Waals surface area (Å²) in [7, 11) is -4.41. The van der Waals surface area contributed by atoms with Crippen molar-refractivity contribution < 1.29 is 35.9 Å². The molecule has 1 aliphatic rings. The highest BCUT2D eigenvalue weighted by Crippen LogP contribution is 2.39.